The second-order valence-electron chi connectivity index (χ2n) is 2.86. The highest BCUT2D eigenvalue weighted by molar-refractivity contribution is 7.09. The number of nitrogens with zero attached hydrogens (tertiary/aromatic N) is 4. The highest BCUT2D eigenvalue weighted by Crippen LogP contribution is 2.20. The Kier molecular flexibility index (Phi) is 2.55. The second-order valence-corrected chi connectivity index (χ2v) is 3.79. The number of rotatable bonds is 3. The molecule has 1 N–H and O–H groups in total. The lowest BCUT2D eigenvalue weighted by atomic mass is 10.3. The van der Waals surface area contributed by atoms with Gasteiger partial charge in [0.2, 0.25) is 0 Å². The van der Waals surface area contributed by atoms with Gasteiger partial charge in [-0.1, -0.05) is 0 Å². The van der Waals surface area contributed by atoms with E-state index in [1.54, 1.807) is 23.9 Å². The van der Waals surface area contributed by atoms with Gasteiger partial charge in [0.25, 0.3) is 0 Å². The molecule has 0 aromatic carbocycles. The van der Waals surface area contributed by atoms with Crippen molar-refractivity contribution >= 4 is 11.3 Å². The summed E-state index contributed by atoms with van der Waals surface area (Å²) in [4.78, 5) is 4.21. The van der Waals surface area contributed by atoms with Crippen molar-refractivity contribution in [3.63, 3.8) is 0 Å². The molecular formula is C8H10N4OS. The first-order valence-corrected chi connectivity index (χ1v) is 5.09. The van der Waals surface area contributed by atoms with Crippen molar-refractivity contribution in [3.8, 4) is 0 Å². The van der Waals surface area contributed by atoms with Crippen LogP contribution in [0, 0.1) is 0 Å². The number of thiazole rings is 1. The molecule has 0 fully saturated rings. The van der Waals surface area contributed by atoms with Crippen molar-refractivity contribution in [1.82, 2.24) is 19.7 Å². The van der Waals surface area contributed by atoms with Crippen LogP contribution in [-0.4, -0.2) is 24.9 Å². The summed E-state index contributed by atoms with van der Waals surface area (Å²) < 4.78 is 1.82. The maximum Gasteiger partial charge on any atom is 0.159 e. The Balaban J connectivity index is 2.31. The summed E-state index contributed by atoms with van der Waals surface area (Å²) >= 11 is 1.58. The standard InChI is InChI=1S/C8H10N4OS/c1-6(8-9-2-3-14-8)12-5-10-11-7(12)4-13/h2-3,5-6,13H,4H2,1H3. The highest BCUT2D eigenvalue weighted by atomic mass is 32.1. The van der Waals surface area contributed by atoms with Crippen molar-refractivity contribution in [3.05, 3.63) is 28.7 Å². The van der Waals surface area contributed by atoms with E-state index in [0.29, 0.717) is 5.82 Å². The van der Waals surface area contributed by atoms with Crippen molar-refractivity contribution in [1.29, 1.82) is 0 Å². The Labute approximate surface area is 85.1 Å². The highest BCUT2D eigenvalue weighted by Gasteiger charge is 2.13. The third kappa shape index (κ3) is 1.53. The SMILES string of the molecule is CC(c1nccs1)n1cnnc1CO. The molecule has 0 bridgehead atoms. The quantitative estimate of drug-likeness (QED) is 0.815. The molecule has 0 amide bonds. The molecule has 0 radical (unpaired) electrons. The predicted molar refractivity (Wildman–Crippen MR) is 51.9 cm³/mol. The van der Waals surface area contributed by atoms with Crippen LogP contribution < -0.4 is 0 Å². The van der Waals surface area contributed by atoms with Gasteiger partial charge >= 0.3 is 0 Å². The molecule has 74 valence electrons. The average Bonchev–Trinajstić information content (AvgIpc) is 2.87. The summed E-state index contributed by atoms with van der Waals surface area (Å²) in [7, 11) is 0. The molecule has 2 rings (SSSR count). The van der Waals surface area contributed by atoms with Crippen molar-refractivity contribution in [2.24, 2.45) is 0 Å². The molecule has 2 heterocycles. The van der Waals surface area contributed by atoms with Gasteiger partial charge in [-0.3, -0.25) is 0 Å². The molecular weight excluding hydrogens is 200 g/mol. The minimum atomic E-state index is -0.101. The van der Waals surface area contributed by atoms with Gasteiger partial charge in [-0.2, -0.15) is 0 Å². The normalized spacial score (nSPS) is 13.0. The van der Waals surface area contributed by atoms with E-state index >= 15 is 0 Å². The first-order valence-electron chi connectivity index (χ1n) is 4.21. The average molecular weight is 210 g/mol. The first kappa shape index (κ1) is 9.29. The molecule has 6 heteroatoms. The summed E-state index contributed by atoms with van der Waals surface area (Å²) in [6, 6.07) is 0.0761. The molecule has 0 saturated carbocycles. The van der Waals surface area contributed by atoms with Crippen LogP contribution in [-0.2, 0) is 6.61 Å². The monoisotopic (exact) mass is 210 g/mol. The number of aromatic nitrogens is 4. The topological polar surface area (TPSA) is 63.8 Å². The zero-order valence-corrected chi connectivity index (χ0v) is 8.48. The summed E-state index contributed by atoms with van der Waals surface area (Å²) in [6.45, 7) is 1.90. The fourth-order valence-corrected chi connectivity index (χ4v) is 1.96. The van der Waals surface area contributed by atoms with Crippen molar-refractivity contribution in [2.75, 3.05) is 0 Å². The van der Waals surface area contributed by atoms with Gasteiger partial charge in [-0.25, -0.2) is 4.98 Å². The Hall–Kier alpha value is -1.27. The van der Waals surface area contributed by atoms with Crippen LogP contribution in [0.2, 0.25) is 0 Å². The van der Waals surface area contributed by atoms with Crippen molar-refractivity contribution < 1.29 is 5.11 Å². The van der Waals surface area contributed by atoms with Gasteiger partial charge in [0.1, 0.15) is 17.9 Å². The molecule has 0 aliphatic rings. The Morgan fingerprint density at radius 2 is 2.50 bits per heavy atom. The molecule has 1 atom stereocenters. The Morgan fingerprint density at radius 1 is 1.64 bits per heavy atom. The molecule has 5 nitrogen and oxygen atoms in total. The van der Waals surface area contributed by atoms with Crippen LogP contribution in [0.3, 0.4) is 0 Å². The van der Waals surface area contributed by atoms with Crippen LogP contribution in [0.1, 0.15) is 23.8 Å². The molecule has 0 saturated heterocycles. The minimum absolute atomic E-state index is 0.0761. The van der Waals surface area contributed by atoms with E-state index in [4.69, 9.17) is 5.11 Å². The summed E-state index contributed by atoms with van der Waals surface area (Å²) in [5.41, 5.74) is 0. The fourth-order valence-electron chi connectivity index (χ4n) is 1.26. The van der Waals surface area contributed by atoms with Crippen LogP contribution in [0.25, 0.3) is 0 Å². The zero-order valence-electron chi connectivity index (χ0n) is 7.66. The fraction of sp³-hybridized carbons (Fsp3) is 0.375. The molecule has 0 aliphatic heterocycles. The van der Waals surface area contributed by atoms with Gasteiger partial charge in [0.05, 0.1) is 6.04 Å². The number of aliphatic hydroxyl groups excluding tert-OH is 1. The molecule has 2 aromatic heterocycles. The Morgan fingerprint density at radius 3 is 3.14 bits per heavy atom. The maximum absolute atomic E-state index is 9.01. The minimum Gasteiger partial charge on any atom is -0.388 e. The first-order chi connectivity index (χ1) is 6.83. The van der Waals surface area contributed by atoms with Gasteiger partial charge in [-0.05, 0) is 6.92 Å². The predicted octanol–water partition coefficient (Wildman–Crippen LogP) is 0.836. The summed E-state index contributed by atoms with van der Waals surface area (Å²) in [5, 5.41) is 19.5. The molecule has 1 unspecified atom stereocenters. The van der Waals surface area contributed by atoms with Gasteiger partial charge in [0, 0.05) is 11.6 Å². The van der Waals surface area contributed by atoms with E-state index in [9.17, 15) is 0 Å². The smallest absolute Gasteiger partial charge is 0.159 e. The van der Waals surface area contributed by atoms with Gasteiger partial charge in [-0.15, -0.1) is 21.5 Å². The van der Waals surface area contributed by atoms with Gasteiger partial charge < -0.3 is 9.67 Å². The van der Waals surface area contributed by atoms with E-state index in [1.807, 2.05) is 16.9 Å². The number of aliphatic hydroxyl groups is 1. The van der Waals surface area contributed by atoms with E-state index in [-0.39, 0.29) is 12.6 Å². The lowest BCUT2D eigenvalue weighted by Crippen LogP contribution is -2.09. The van der Waals surface area contributed by atoms with Crippen LogP contribution in [0.15, 0.2) is 17.9 Å². The number of hydrogen-bond acceptors (Lipinski definition) is 5. The summed E-state index contributed by atoms with van der Waals surface area (Å²) in [5.74, 6) is 0.563. The summed E-state index contributed by atoms with van der Waals surface area (Å²) in [6.07, 6.45) is 3.37. The third-order valence-electron chi connectivity index (χ3n) is 2.01. The second kappa shape index (κ2) is 3.85. The third-order valence-corrected chi connectivity index (χ3v) is 2.96. The maximum atomic E-state index is 9.01. The Bertz CT molecular complexity index is 397. The van der Waals surface area contributed by atoms with Crippen LogP contribution >= 0.6 is 11.3 Å². The molecule has 0 aliphatic carbocycles. The molecule has 2 aromatic rings. The molecule has 14 heavy (non-hydrogen) atoms. The lowest BCUT2D eigenvalue weighted by molar-refractivity contribution is 0.263. The van der Waals surface area contributed by atoms with Crippen LogP contribution in [0.5, 0.6) is 0 Å². The van der Waals surface area contributed by atoms with Crippen LogP contribution in [0.4, 0.5) is 0 Å². The lowest BCUT2D eigenvalue weighted by Gasteiger charge is -2.11. The zero-order chi connectivity index (χ0) is 9.97. The molecule has 0 spiro atoms. The van der Waals surface area contributed by atoms with E-state index in [2.05, 4.69) is 15.2 Å². The largest absolute Gasteiger partial charge is 0.388 e. The van der Waals surface area contributed by atoms with Gasteiger partial charge in [0.15, 0.2) is 5.82 Å². The van der Waals surface area contributed by atoms with Crippen molar-refractivity contribution in [2.45, 2.75) is 19.6 Å². The number of hydrogen-bond donors (Lipinski definition) is 1. The van der Waals surface area contributed by atoms with E-state index in [0.717, 1.165) is 5.01 Å². The van der Waals surface area contributed by atoms with E-state index in [1.165, 1.54) is 0 Å². The van der Waals surface area contributed by atoms with E-state index < -0.39 is 0 Å².